The van der Waals surface area contributed by atoms with Crippen molar-refractivity contribution in [3.8, 4) is 5.75 Å². The topological polar surface area (TPSA) is 55.6 Å². The summed E-state index contributed by atoms with van der Waals surface area (Å²) in [6.07, 6.45) is -6.16. The van der Waals surface area contributed by atoms with E-state index in [1.54, 1.807) is 6.92 Å². The second-order valence-electron chi connectivity index (χ2n) is 4.20. The number of fused-ring (bicyclic) bond motifs is 1. The van der Waals surface area contributed by atoms with Crippen molar-refractivity contribution in [2.75, 3.05) is 11.4 Å². The minimum absolute atomic E-state index is 0.0382. The van der Waals surface area contributed by atoms with Crippen LogP contribution in [0.25, 0.3) is 0 Å². The van der Waals surface area contributed by atoms with E-state index in [0.717, 1.165) is 17.0 Å². The summed E-state index contributed by atoms with van der Waals surface area (Å²) >= 11 is 0. The van der Waals surface area contributed by atoms with Gasteiger partial charge in [-0.1, -0.05) is 0 Å². The fraction of sp³-hybridized carbons (Fsp3) is 0.455. The molecule has 2 rings (SSSR count). The average molecular weight is 276 g/mol. The van der Waals surface area contributed by atoms with Gasteiger partial charge in [-0.15, -0.1) is 0 Å². The second-order valence-corrected chi connectivity index (χ2v) is 4.20. The largest absolute Gasteiger partial charge is 0.486 e. The molecule has 2 atom stereocenters. The molecule has 0 saturated heterocycles. The van der Waals surface area contributed by atoms with Crippen LogP contribution in [0.15, 0.2) is 18.2 Å². The maximum absolute atomic E-state index is 13.5. The Morgan fingerprint density at radius 3 is 2.74 bits per heavy atom. The Balaban J connectivity index is 2.41. The minimum Gasteiger partial charge on any atom is -0.486 e. The Morgan fingerprint density at radius 1 is 1.47 bits per heavy atom. The zero-order chi connectivity index (χ0) is 14.2. The van der Waals surface area contributed by atoms with Gasteiger partial charge in [-0.05, 0) is 13.0 Å². The van der Waals surface area contributed by atoms with E-state index in [2.05, 4.69) is 0 Å². The highest BCUT2D eigenvalue weighted by Gasteiger charge is 2.34. The third-order valence-electron chi connectivity index (χ3n) is 2.75. The first-order valence-corrected chi connectivity index (χ1v) is 5.54. The van der Waals surface area contributed by atoms with Crippen molar-refractivity contribution in [2.45, 2.75) is 25.7 Å². The van der Waals surface area contributed by atoms with Gasteiger partial charge in [-0.2, -0.15) is 0 Å². The van der Waals surface area contributed by atoms with Crippen LogP contribution in [-0.4, -0.2) is 30.3 Å². The van der Waals surface area contributed by atoms with Gasteiger partial charge >= 0.3 is 0 Å². The summed E-state index contributed by atoms with van der Waals surface area (Å²) in [6.45, 7) is 1.53. The van der Waals surface area contributed by atoms with Crippen LogP contribution in [0.3, 0.4) is 0 Å². The van der Waals surface area contributed by atoms with Gasteiger partial charge in [0.25, 0.3) is 12.1 Å². The van der Waals surface area contributed by atoms with Gasteiger partial charge in [0.2, 0.25) is 6.30 Å². The SMILES string of the molecule is CC1CN(C(F)C(F)F)c2ccc([N+](=O)[O-])cc2O1. The predicted molar refractivity (Wildman–Crippen MR) is 61.4 cm³/mol. The number of nitro benzene ring substituents is 1. The van der Waals surface area contributed by atoms with E-state index in [9.17, 15) is 23.3 Å². The molecular formula is C11H11F3N2O3. The number of benzene rings is 1. The fourth-order valence-corrected chi connectivity index (χ4v) is 1.95. The molecule has 1 aromatic carbocycles. The van der Waals surface area contributed by atoms with Gasteiger partial charge in [-0.3, -0.25) is 10.1 Å². The van der Waals surface area contributed by atoms with E-state index in [4.69, 9.17) is 4.74 Å². The number of hydrogen-bond acceptors (Lipinski definition) is 4. The zero-order valence-corrected chi connectivity index (χ0v) is 9.92. The van der Waals surface area contributed by atoms with Crippen molar-refractivity contribution >= 4 is 11.4 Å². The number of nitro groups is 1. The minimum atomic E-state index is -3.16. The molecular weight excluding hydrogens is 265 g/mol. The molecule has 1 heterocycles. The molecule has 1 aromatic rings. The lowest BCUT2D eigenvalue weighted by Crippen LogP contribution is -2.45. The Labute approximate surface area is 106 Å². The van der Waals surface area contributed by atoms with Gasteiger partial charge in [-0.25, -0.2) is 13.2 Å². The summed E-state index contributed by atoms with van der Waals surface area (Å²) in [7, 11) is 0. The van der Waals surface area contributed by atoms with E-state index in [0.29, 0.717) is 0 Å². The van der Waals surface area contributed by atoms with Crippen LogP contribution in [0, 0.1) is 10.1 Å². The molecule has 0 saturated carbocycles. The number of anilines is 1. The van der Waals surface area contributed by atoms with Crippen LogP contribution in [0.4, 0.5) is 24.5 Å². The van der Waals surface area contributed by atoms with Gasteiger partial charge in [0.1, 0.15) is 11.9 Å². The molecule has 0 aromatic heterocycles. The lowest BCUT2D eigenvalue weighted by molar-refractivity contribution is -0.384. The number of non-ortho nitro benzene ring substituents is 1. The molecule has 0 fully saturated rings. The summed E-state index contributed by atoms with van der Waals surface area (Å²) in [6, 6.07) is 3.45. The lowest BCUT2D eigenvalue weighted by Gasteiger charge is -2.36. The molecule has 2 unspecified atom stereocenters. The van der Waals surface area contributed by atoms with Crippen molar-refractivity contribution in [3.05, 3.63) is 28.3 Å². The third-order valence-corrected chi connectivity index (χ3v) is 2.75. The smallest absolute Gasteiger partial charge is 0.287 e. The highest BCUT2D eigenvalue weighted by Crippen LogP contribution is 2.38. The molecule has 0 spiro atoms. The molecule has 1 aliphatic rings. The number of nitrogens with zero attached hydrogens (tertiary/aromatic N) is 2. The molecule has 0 N–H and O–H groups in total. The quantitative estimate of drug-likeness (QED) is 0.484. The first-order valence-electron chi connectivity index (χ1n) is 5.54. The number of rotatable bonds is 3. The fourth-order valence-electron chi connectivity index (χ4n) is 1.95. The van der Waals surface area contributed by atoms with E-state index in [-0.39, 0.29) is 23.7 Å². The van der Waals surface area contributed by atoms with Crippen molar-refractivity contribution in [3.63, 3.8) is 0 Å². The van der Waals surface area contributed by atoms with Gasteiger partial charge in [0, 0.05) is 6.07 Å². The van der Waals surface area contributed by atoms with E-state index >= 15 is 0 Å². The molecule has 5 nitrogen and oxygen atoms in total. The number of halogens is 3. The van der Waals surface area contributed by atoms with Crippen molar-refractivity contribution in [2.24, 2.45) is 0 Å². The monoisotopic (exact) mass is 276 g/mol. The molecule has 8 heteroatoms. The average Bonchev–Trinajstić information content (AvgIpc) is 2.35. The van der Waals surface area contributed by atoms with Crippen LogP contribution in [0.5, 0.6) is 5.75 Å². The summed E-state index contributed by atoms with van der Waals surface area (Å²) in [5.74, 6) is 0.0382. The van der Waals surface area contributed by atoms with Crippen LogP contribution in [0.1, 0.15) is 6.92 Å². The van der Waals surface area contributed by atoms with Crippen LogP contribution < -0.4 is 9.64 Å². The van der Waals surface area contributed by atoms with Gasteiger partial charge in [0.15, 0.2) is 0 Å². The first kappa shape index (κ1) is 13.4. The molecule has 0 radical (unpaired) electrons. The molecule has 19 heavy (non-hydrogen) atoms. The summed E-state index contributed by atoms with van der Waals surface area (Å²) in [5.41, 5.74) is -0.142. The Bertz CT molecular complexity index is 498. The number of ether oxygens (including phenoxy) is 1. The van der Waals surface area contributed by atoms with Crippen molar-refractivity contribution in [1.29, 1.82) is 0 Å². The maximum atomic E-state index is 13.5. The van der Waals surface area contributed by atoms with Crippen LogP contribution in [-0.2, 0) is 0 Å². The van der Waals surface area contributed by atoms with E-state index in [1.165, 1.54) is 6.07 Å². The number of alkyl halides is 3. The zero-order valence-electron chi connectivity index (χ0n) is 9.92. The Kier molecular flexibility index (Phi) is 3.50. The highest BCUT2D eigenvalue weighted by molar-refractivity contribution is 5.64. The van der Waals surface area contributed by atoms with Crippen molar-refractivity contribution < 1.29 is 22.8 Å². The maximum Gasteiger partial charge on any atom is 0.287 e. The highest BCUT2D eigenvalue weighted by atomic mass is 19.3. The van der Waals surface area contributed by atoms with Crippen LogP contribution >= 0.6 is 0 Å². The van der Waals surface area contributed by atoms with Crippen LogP contribution in [0.2, 0.25) is 0 Å². The summed E-state index contributed by atoms with van der Waals surface area (Å²) in [4.78, 5) is 10.9. The van der Waals surface area contributed by atoms with Gasteiger partial charge < -0.3 is 9.64 Å². The Hall–Kier alpha value is -1.99. The van der Waals surface area contributed by atoms with E-state index < -0.39 is 23.7 Å². The molecule has 0 amide bonds. The molecule has 0 aliphatic carbocycles. The standard InChI is InChI=1S/C11H11F3N2O3/c1-6-5-15(11(14)10(12)13)8-3-2-7(16(17)18)4-9(8)19-6/h2-4,6,10-11H,5H2,1H3. The number of hydrogen-bond donors (Lipinski definition) is 0. The molecule has 0 bridgehead atoms. The molecule has 104 valence electrons. The lowest BCUT2D eigenvalue weighted by atomic mass is 10.1. The van der Waals surface area contributed by atoms with Gasteiger partial charge in [0.05, 0.1) is 23.2 Å². The molecule has 1 aliphatic heterocycles. The third kappa shape index (κ3) is 2.56. The first-order chi connectivity index (χ1) is 8.90. The predicted octanol–water partition coefficient (Wildman–Crippen LogP) is 2.74. The summed E-state index contributed by atoms with van der Waals surface area (Å²) in [5, 5.41) is 10.6. The normalized spacial score (nSPS) is 19.8. The van der Waals surface area contributed by atoms with E-state index in [1.807, 2.05) is 0 Å². The van der Waals surface area contributed by atoms with Crippen molar-refractivity contribution in [1.82, 2.24) is 0 Å². The summed E-state index contributed by atoms with van der Waals surface area (Å²) < 4.78 is 43.8. The Morgan fingerprint density at radius 2 is 2.16 bits per heavy atom. The second kappa shape index (κ2) is 4.94.